The number of aromatic nitrogens is 2. The molecule has 3 nitrogen and oxygen atoms in total. The molecule has 80 valence electrons. The number of para-hydroxylation sites is 1. The maximum atomic E-state index is 11.6. The molecule has 1 aromatic heterocycles. The highest BCUT2D eigenvalue weighted by Gasteiger charge is 2.19. The van der Waals surface area contributed by atoms with Crippen molar-refractivity contribution in [3.05, 3.63) is 34.1 Å². The first-order valence-corrected chi connectivity index (χ1v) is 5.09. The second-order valence-corrected chi connectivity index (χ2v) is 4.95. The van der Waals surface area contributed by atoms with Gasteiger partial charge in [0.25, 0.3) is 5.56 Å². The van der Waals surface area contributed by atoms with Crippen molar-refractivity contribution in [2.75, 3.05) is 0 Å². The highest BCUT2D eigenvalue weighted by molar-refractivity contribution is 5.82. The first kappa shape index (κ1) is 10.0. The van der Waals surface area contributed by atoms with Crippen LogP contribution in [0.25, 0.3) is 10.9 Å². The summed E-state index contributed by atoms with van der Waals surface area (Å²) in [5, 5.41) is 3.56. The summed E-state index contributed by atoms with van der Waals surface area (Å²) in [5.41, 5.74) is 2.24. The number of fused-ring (bicyclic) bond motifs is 1. The number of H-pyrrole nitrogens is 1. The van der Waals surface area contributed by atoms with E-state index in [1.807, 2.05) is 19.2 Å². The van der Waals surface area contributed by atoms with Gasteiger partial charge in [-0.15, -0.1) is 0 Å². The van der Waals surface area contributed by atoms with Gasteiger partial charge in [-0.3, -0.25) is 14.6 Å². The number of hydrogen-bond acceptors (Lipinski definition) is 1. The Labute approximate surface area is 88.7 Å². The highest BCUT2D eigenvalue weighted by atomic mass is 16.1. The molecule has 3 heteroatoms. The second-order valence-electron chi connectivity index (χ2n) is 4.95. The molecule has 0 spiro atoms. The second kappa shape index (κ2) is 2.99. The van der Waals surface area contributed by atoms with Crippen LogP contribution < -0.4 is 5.56 Å². The fourth-order valence-corrected chi connectivity index (χ4v) is 1.96. The van der Waals surface area contributed by atoms with E-state index >= 15 is 0 Å². The Bertz CT molecular complexity index is 555. The molecule has 0 unspecified atom stereocenters. The summed E-state index contributed by atoms with van der Waals surface area (Å²) in [7, 11) is 1.87. The third-order valence-electron chi connectivity index (χ3n) is 2.69. The van der Waals surface area contributed by atoms with Crippen LogP contribution in [0.1, 0.15) is 26.3 Å². The van der Waals surface area contributed by atoms with Gasteiger partial charge in [-0.25, -0.2) is 0 Å². The lowest BCUT2D eigenvalue weighted by Crippen LogP contribution is -2.12. The van der Waals surface area contributed by atoms with Crippen molar-refractivity contribution in [3.63, 3.8) is 0 Å². The molecular weight excluding hydrogens is 188 g/mol. The molecule has 0 saturated heterocycles. The fourth-order valence-electron chi connectivity index (χ4n) is 1.96. The van der Waals surface area contributed by atoms with E-state index in [0.717, 1.165) is 10.9 Å². The number of rotatable bonds is 0. The van der Waals surface area contributed by atoms with Gasteiger partial charge in [0.05, 0.1) is 10.9 Å². The summed E-state index contributed by atoms with van der Waals surface area (Å²) < 4.78 is 1.80. The van der Waals surface area contributed by atoms with Crippen LogP contribution in [0.4, 0.5) is 0 Å². The molecule has 0 atom stereocenters. The fraction of sp³-hybridized carbons (Fsp3) is 0.417. The topological polar surface area (TPSA) is 37.8 Å². The molecule has 2 aromatic rings. The van der Waals surface area contributed by atoms with E-state index in [0.29, 0.717) is 0 Å². The zero-order valence-electron chi connectivity index (χ0n) is 9.59. The summed E-state index contributed by atoms with van der Waals surface area (Å²) in [6.07, 6.45) is 0. The van der Waals surface area contributed by atoms with E-state index in [9.17, 15) is 4.79 Å². The molecule has 0 fully saturated rings. The Morgan fingerprint density at radius 3 is 2.53 bits per heavy atom. The predicted molar refractivity (Wildman–Crippen MR) is 62.2 cm³/mol. The normalized spacial score (nSPS) is 12.3. The third kappa shape index (κ3) is 1.48. The number of hydrogen-bond donors (Lipinski definition) is 1. The van der Waals surface area contributed by atoms with Crippen LogP contribution in [0, 0.1) is 0 Å². The predicted octanol–water partition coefficient (Wildman–Crippen LogP) is 2.16. The smallest absolute Gasteiger partial charge is 0.271 e. The summed E-state index contributed by atoms with van der Waals surface area (Å²) in [6.45, 7) is 6.46. The van der Waals surface area contributed by atoms with E-state index in [2.05, 4.69) is 31.9 Å². The molecule has 15 heavy (non-hydrogen) atoms. The number of aromatic amines is 1. The lowest BCUT2D eigenvalue weighted by atomic mass is 9.86. The number of benzene rings is 1. The van der Waals surface area contributed by atoms with Crippen molar-refractivity contribution in [1.29, 1.82) is 0 Å². The number of aryl methyl sites for hydroxylation is 1. The van der Waals surface area contributed by atoms with Crippen molar-refractivity contribution < 1.29 is 0 Å². The molecule has 0 bridgehead atoms. The minimum Gasteiger partial charge on any atom is -0.287 e. The van der Waals surface area contributed by atoms with Crippen LogP contribution in [0.15, 0.2) is 23.0 Å². The molecule has 0 aliphatic rings. The first-order valence-electron chi connectivity index (χ1n) is 5.09. The van der Waals surface area contributed by atoms with Crippen LogP contribution in [0.3, 0.4) is 0 Å². The molecule has 1 aromatic carbocycles. The SMILES string of the molecule is Cn1[nH]c(=O)c2cccc(C(C)(C)C)c21. The summed E-state index contributed by atoms with van der Waals surface area (Å²) in [4.78, 5) is 11.6. The van der Waals surface area contributed by atoms with Gasteiger partial charge in [0.2, 0.25) is 0 Å². The molecular formula is C12H16N2O. The molecule has 2 rings (SSSR count). The monoisotopic (exact) mass is 204 g/mol. The average Bonchev–Trinajstić information content (AvgIpc) is 2.41. The van der Waals surface area contributed by atoms with Gasteiger partial charge in [-0.05, 0) is 17.0 Å². The average molecular weight is 204 g/mol. The van der Waals surface area contributed by atoms with E-state index in [4.69, 9.17) is 0 Å². The van der Waals surface area contributed by atoms with Crippen LogP contribution in [-0.4, -0.2) is 9.78 Å². The third-order valence-corrected chi connectivity index (χ3v) is 2.69. The summed E-state index contributed by atoms with van der Waals surface area (Å²) >= 11 is 0. The maximum Gasteiger partial charge on any atom is 0.271 e. The zero-order valence-corrected chi connectivity index (χ0v) is 9.59. The Morgan fingerprint density at radius 1 is 1.27 bits per heavy atom. The molecule has 0 saturated carbocycles. The molecule has 1 heterocycles. The van der Waals surface area contributed by atoms with Gasteiger partial charge in [-0.2, -0.15) is 0 Å². The zero-order chi connectivity index (χ0) is 11.2. The molecule has 0 aliphatic carbocycles. The van der Waals surface area contributed by atoms with Crippen LogP contribution in [-0.2, 0) is 12.5 Å². The minimum atomic E-state index is -0.0152. The highest BCUT2D eigenvalue weighted by Crippen LogP contribution is 2.27. The first-order chi connectivity index (χ1) is 6.91. The Kier molecular flexibility index (Phi) is 2.00. The lowest BCUT2D eigenvalue weighted by molar-refractivity contribution is 0.590. The van der Waals surface area contributed by atoms with Crippen LogP contribution in [0.2, 0.25) is 0 Å². The van der Waals surface area contributed by atoms with Crippen molar-refractivity contribution in [2.24, 2.45) is 7.05 Å². The standard InChI is InChI=1S/C12H16N2O/c1-12(2,3)9-7-5-6-8-10(9)14(4)13-11(8)15/h5-7H,1-4H3,(H,13,15). The molecule has 0 radical (unpaired) electrons. The Hall–Kier alpha value is -1.51. The van der Waals surface area contributed by atoms with Gasteiger partial charge in [0.15, 0.2) is 0 Å². The quantitative estimate of drug-likeness (QED) is 0.701. The summed E-state index contributed by atoms with van der Waals surface area (Å²) in [5.74, 6) is 0. The summed E-state index contributed by atoms with van der Waals surface area (Å²) in [6, 6.07) is 5.89. The van der Waals surface area contributed by atoms with E-state index in [-0.39, 0.29) is 11.0 Å². The van der Waals surface area contributed by atoms with Crippen LogP contribution >= 0.6 is 0 Å². The van der Waals surface area contributed by atoms with E-state index in [1.165, 1.54) is 5.56 Å². The molecule has 0 amide bonds. The van der Waals surface area contributed by atoms with Crippen molar-refractivity contribution in [2.45, 2.75) is 26.2 Å². The maximum absolute atomic E-state index is 11.6. The van der Waals surface area contributed by atoms with Gasteiger partial charge in [-0.1, -0.05) is 32.9 Å². The van der Waals surface area contributed by atoms with E-state index in [1.54, 1.807) is 4.68 Å². The largest absolute Gasteiger partial charge is 0.287 e. The van der Waals surface area contributed by atoms with E-state index < -0.39 is 0 Å². The van der Waals surface area contributed by atoms with Crippen molar-refractivity contribution in [1.82, 2.24) is 9.78 Å². The minimum absolute atomic E-state index is 0.0152. The molecule has 1 N–H and O–H groups in total. The van der Waals surface area contributed by atoms with Crippen molar-refractivity contribution in [3.8, 4) is 0 Å². The van der Waals surface area contributed by atoms with Gasteiger partial charge in [0.1, 0.15) is 0 Å². The Morgan fingerprint density at radius 2 is 1.93 bits per heavy atom. The number of nitrogens with one attached hydrogen (secondary N) is 1. The lowest BCUT2D eigenvalue weighted by Gasteiger charge is -2.20. The Balaban J connectivity index is 2.93. The van der Waals surface area contributed by atoms with Gasteiger partial charge in [0, 0.05) is 7.05 Å². The van der Waals surface area contributed by atoms with Crippen molar-refractivity contribution >= 4 is 10.9 Å². The molecule has 0 aliphatic heterocycles. The van der Waals surface area contributed by atoms with Gasteiger partial charge < -0.3 is 0 Å². The number of nitrogens with zero attached hydrogens (tertiary/aromatic N) is 1. The van der Waals surface area contributed by atoms with Gasteiger partial charge >= 0.3 is 0 Å². The van der Waals surface area contributed by atoms with Crippen LogP contribution in [0.5, 0.6) is 0 Å².